The Balaban J connectivity index is 4.63. The molecule has 0 aromatic heterocycles. The first-order valence-electron chi connectivity index (χ1n) is 7.15. The third-order valence-corrected chi connectivity index (χ3v) is 6.08. The van der Waals surface area contributed by atoms with E-state index < -0.39 is 14.9 Å². The van der Waals surface area contributed by atoms with Crippen LogP contribution < -0.4 is 0 Å². The fraction of sp³-hybridized carbons (Fsp3) is 1.00. The topological polar surface area (TPSA) is 47.9 Å². The van der Waals surface area contributed by atoms with Crippen LogP contribution in [0.5, 0.6) is 0 Å². The van der Waals surface area contributed by atoms with Gasteiger partial charge < -0.3 is 18.7 Å². The van der Waals surface area contributed by atoms with E-state index in [-0.39, 0.29) is 5.73 Å². The van der Waals surface area contributed by atoms with E-state index in [1.165, 1.54) is 0 Å². The van der Waals surface area contributed by atoms with Gasteiger partial charge >= 0.3 is 8.56 Å². The Labute approximate surface area is 113 Å². The molecule has 0 heterocycles. The average molecular weight is 278 g/mol. The van der Waals surface area contributed by atoms with Gasteiger partial charge in [-0.3, -0.25) is 0 Å². The van der Waals surface area contributed by atoms with Crippen molar-refractivity contribution in [3.05, 3.63) is 0 Å². The van der Waals surface area contributed by atoms with E-state index in [4.69, 9.17) is 13.6 Å². The van der Waals surface area contributed by atoms with Crippen LogP contribution in [-0.4, -0.2) is 38.9 Å². The summed E-state index contributed by atoms with van der Waals surface area (Å²) in [6.07, 6.45) is 2.59. The summed E-state index contributed by atoms with van der Waals surface area (Å²) in [6, 6.07) is 0. The maximum atomic E-state index is 9.66. The van der Waals surface area contributed by atoms with Gasteiger partial charge in [0.15, 0.2) is 6.29 Å². The van der Waals surface area contributed by atoms with Crippen LogP contribution in [0.25, 0.3) is 0 Å². The van der Waals surface area contributed by atoms with E-state index in [2.05, 4.69) is 13.8 Å². The molecule has 110 valence electrons. The first kappa shape index (κ1) is 18.1. The predicted octanol–water partition coefficient (Wildman–Crippen LogP) is 2.97. The maximum absolute atomic E-state index is 9.66. The quantitative estimate of drug-likeness (QED) is 0.466. The lowest BCUT2D eigenvalue weighted by atomic mass is 10.4. The highest BCUT2D eigenvalue weighted by Gasteiger charge is 2.42. The van der Waals surface area contributed by atoms with E-state index in [1.54, 1.807) is 0 Å². The molecule has 5 heteroatoms. The lowest BCUT2D eigenvalue weighted by molar-refractivity contribution is -0.127. The van der Waals surface area contributed by atoms with E-state index in [0.29, 0.717) is 19.6 Å². The summed E-state index contributed by atoms with van der Waals surface area (Å²) in [5.74, 6) is 0. The van der Waals surface area contributed by atoms with E-state index >= 15 is 0 Å². The molecule has 1 N–H and O–H groups in total. The summed E-state index contributed by atoms with van der Waals surface area (Å²) < 4.78 is 17.6. The molecule has 18 heavy (non-hydrogen) atoms. The van der Waals surface area contributed by atoms with Gasteiger partial charge in [0.1, 0.15) is 5.73 Å². The van der Waals surface area contributed by atoms with Crippen molar-refractivity contribution in [1.29, 1.82) is 0 Å². The van der Waals surface area contributed by atoms with Crippen LogP contribution in [0.1, 0.15) is 53.4 Å². The summed E-state index contributed by atoms with van der Waals surface area (Å²) in [5.41, 5.74) is -0.120. The minimum atomic E-state index is -2.38. The number of aliphatic hydroxyl groups is 1. The van der Waals surface area contributed by atoms with Gasteiger partial charge in [-0.05, 0) is 32.2 Å². The zero-order chi connectivity index (χ0) is 14.0. The second-order valence-electron chi connectivity index (χ2n) is 4.61. The van der Waals surface area contributed by atoms with Gasteiger partial charge in [0.2, 0.25) is 0 Å². The standard InChI is InChI=1S/C13H30O4Si/c1-6-10-15-18(5,16-11-7-2)13(9-4)17-12(14)8-3/h12-14H,6-11H2,1-5H3. The number of aliphatic hydroxyl groups excluding tert-OH is 1. The van der Waals surface area contributed by atoms with Crippen LogP contribution in [0.3, 0.4) is 0 Å². The van der Waals surface area contributed by atoms with Crippen molar-refractivity contribution in [2.75, 3.05) is 13.2 Å². The third kappa shape index (κ3) is 6.29. The van der Waals surface area contributed by atoms with E-state index in [9.17, 15) is 5.11 Å². The molecule has 0 amide bonds. The zero-order valence-corrected chi connectivity index (χ0v) is 13.6. The highest BCUT2D eigenvalue weighted by molar-refractivity contribution is 6.67. The molecule has 0 saturated heterocycles. The zero-order valence-electron chi connectivity index (χ0n) is 12.6. The molecule has 0 aromatic rings. The fourth-order valence-corrected chi connectivity index (χ4v) is 4.53. The molecule has 0 aliphatic heterocycles. The molecular weight excluding hydrogens is 248 g/mol. The maximum Gasteiger partial charge on any atom is 0.364 e. The van der Waals surface area contributed by atoms with Crippen molar-refractivity contribution in [1.82, 2.24) is 0 Å². The van der Waals surface area contributed by atoms with Crippen molar-refractivity contribution in [2.45, 2.75) is 71.9 Å². The Morgan fingerprint density at radius 3 is 1.78 bits per heavy atom. The summed E-state index contributed by atoms with van der Waals surface area (Å²) in [6.45, 7) is 11.5. The minimum Gasteiger partial charge on any atom is -0.393 e. The van der Waals surface area contributed by atoms with Gasteiger partial charge in [-0.25, -0.2) is 0 Å². The monoisotopic (exact) mass is 278 g/mol. The highest BCUT2D eigenvalue weighted by atomic mass is 28.4. The number of ether oxygens (including phenoxy) is 1. The normalized spacial score (nSPS) is 15.7. The molecule has 0 bridgehead atoms. The lowest BCUT2D eigenvalue weighted by Gasteiger charge is -2.34. The van der Waals surface area contributed by atoms with Crippen molar-refractivity contribution in [3.8, 4) is 0 Å². The Morgan fingerprint density at radius 1 is 0.944 bits per heavy atom. The molecule has 0 fully saturated rings. The van der Waals surface area contributed by atoms with E-state index in [0.717, 1.165) is 19.3 Å². The van der Waals surface area contributed by atoms with Crippen LogP contribution in [0.15, 0.2) is 0 Å². The summed E-state index contributed by atoms with van der Waals surface area (Å²) >= 11 is 0. The molecular formula is C13H30O4Si. The summed E-state index contributed by atoms with van der Waals surface area (Å²) in [5, 5.41) is 9.66. The van der Waals surface area contributed by atoms with Crippen molar-refractivity contribution in [3.63, 3.8) is 0 Å². The van der Waals surface area contributed by atoms with Crippen LogP contribution in [0.4, 0.5) is 0 Å². The summed E-state index contributed by atoms with van der Waals surface area (Å²) in [4.78, 5) is 0. The number of rotatable bonds is 11. The Hall–Kier alpha value is 0.0569. The van der Waals surface area contributed by atoms with Gasteiger partial charge in [0, 0.05) is 13.2 Å². The SMILES string of the molecule is CCCO[Si](C)(OCCC)C(CC)OC(O)CC. The Kier molecular flexibility index (Phi) is 9.95. The molecule has 0 spiro atoms. The van der Waals surface area contributed by atoms with Crippen molar-refractivity contribution < 1.29 is 18.7 Å². The fourth-order valence-electron chi connectivity index (χ4n) is 1.71. The summed E-state index contributed by atoms with van der Waals surface area (Å²) in [7, 11) is -2.38. The second-order valence-corrected chi connectivity index (χ2v) is 7.86. The van der Waals surface area contributed by atoms with Gasteiger partial charge in [0.05, 0.1) is 0 Å². The number of hydrogen-bond acceptors (Lipinski definition) is 4. The highest BCUT2D eigenvalue weighted by Crippen LogP contribution is 2.21. The van der Waals surface area contributed by atoms with Gasteiger partial charge in [-0.2, -0.15) is 0 Å². The molecule has 0 rings (SSSR count). The molecule has 0 radical (unpaired) electrons. The first-order chi connectivity index (χ1) is 8.53. The first-order valence-corrected chi connectivity index (χ1v) is 9.54. The molecule has 0 aliphatic carbocycles. The van der Waals surface area contributed by atoms with Crippen LogP contribution in [-0.2, 0) is 13.6 Å². The molecule has 2 atom stereocenters. The smallest absolute Gasteiger partial charge is 0.364 e. The molecule has 0 aromatic carbocycles. The largest absolute Gasteiger partial charge is 0.393 e. The molecule has 0 saturated carbocycles. The van der Waals surface area contributed by atoms with Crippen LogP contribution in [0, 0.1) is 0 Å². The van der Waals surface area contributed by atoms with Crippen LogP contribution >= 0.6 is 0 Å². The van der Waals surface area contributed by atoms with Crippen LogP contribution in [0.2, 0.25) is 6.55 Å². The Bertz CT molecular complexity index is 193. The second kappa shape index (κ2) is 9.92. The van der Waals surface area contributed by atoms with Crippen molar-refractivity contribution in [2.24, 2.45) is 0 Å². The Morgan fingerprint density at radius 2 is 1.44 bits per heavy atom. The van der Waals surface area contributed by atoms with Gasteiger partial charge in [-0.15, -0.1) is 0 Å². The molecule has 0 aliphatic rings. The minimum absolute atomic E-state index is 0.120. The van der Waals surface area contributed by atoms with Gasteiger partial charge in [0.25, 0.3) is 0 Å². The van der Waals surface area contributed by atoms with E-state index in [1.807, 2.05) is 20.4 Å². The third-order valence-electron chi connectivity index (χ3n) is 2.81. The number of hydrogen-bond donors (Lipinski definition) is 1. The van der Waals surface area contributed by atoms with Crippen molar-refractivity contribution >= 4 is 8.56 Å². The van der Waals surface area contributed by atoms with Gasteiger partial charge in [-0.1, -0.05) is 27.7 Å². The average Bonchev–Trinajstić information content (AvgIpc) is 2.39. The molecule has 4 nitrogen and oxygen atoms in total. The molecule has 2 unspecified atom stereocenters. The lowest BCUT2D eigenvalue weighted by Crippen LogP contribution is -2.53. The predicted molar refractivity (Wildman–Crippen MR) is 75.6 cm³/mol.